The van der Waals surface area contributed by atoms with E-state index in [1.54, 1.807) is 30.3 Å². The average Bonchev–Trinajstić information content (AvgIpc) is 3.16. The summed E-state index contributed by atoms with van der Waals surface area (Å²) in [5, 5.41) is 0.0349. The third-order valence-electron chi connectivity index (χ3n) is 4.60. The van der Waals surface area contributed by atoms with Gasteiger partial charge in [0, 0.05) is 6.07 Å². The molecule has 0 bridgehead atoms. The Bertz CT molecular complexity index is 1390. The van der Waals surface area contributed by atoms with Crippen molar-refractivity contribution in [2.75, 3.05) is 10.7 Å². The second kappa shape index (κ2) is 8.71. The number of carbonyl (C=O) groups is 1. The normalized spacial score (nSPS) is 11.6. The molecule has 32 heavy (non-hydrogen) atoms. The third-order valence-corrected chi connectivity index (χ3v) is 7.25. The van der Waals surface area contributed by atoms with Gasteiger partial charge in [0.15, 0.2) is 20.8 Å². The van der Waals surface area contributed by atoms with Crippen LogP contribution in [-0.4, -0.2) is 25.1 Å². The number of nitrogens with zero attached hydrogens (tertiary/aromatic N) is 2. The number of amides is 1. The molecule has 0 aliphatic rings. The van der Waals surface area contributed by atoms with Crippen LogP contribution in [0.3, 0.4) is 0 Å². The van der Waals surface area contributed by atoms with Crippen molar-refractivity contribution in [3.05, 3.63) is 89.7 Å². The van der Waals surface area contributed by atoms with E-state index in [1.807, 2.05) is 0 Å². The van der Waals surface area contributed by atoms with E-state index in [2.05, 4.69) is 4.98 Å². The SMILES string of the molecule is O=C(CS(=O)(=O)c1ccc(F)cc1)N(Cc1ccccc1)c1nc2c(F)cc(F)cc2s1. The average molecular weight is 477 g/mol. The number of benzene rings is 3. The quantitative estimate of drug-likeness (QED) is 0.378. The lowest BCUT2D eigenvalue weighted by Crippen LogP contribution is -2.35. The van der Waals surface area contributed by atoms with Gasteiger partial charge >= 0.3 is 0 Å². The molecule has 0 saturated carbocycles. The molecule has 164 valence electrons. The molecule has 0 spiro atoms. The summed E-state index contributed by atoms with van der Waals surface area (Å²) >= 11 is 0.875. The summed E-state index contributed by atoms with van der Waals surface area (Å²) in [7, 11) is -4.08. The summed E-state index contributed by atoms with van der Waals surface area (Å²) in [6.45, 7) is -0.0253. The van der Waals surface area contributed by atoms with Crippen LogP contribution in [-0.2, 0) is 21.2 Å². The lowest BCUT2D eigenvalue weighted by atomic mass is 10.2. The zero-order chi connectivity index (χ0) is 22.9. The van der Waals surface area contributed by atoms with Gasteiger partial charge in [0.1, 0.15) is 22.9 Å². The van der Waals surface area contributed by atoms with Crippen LogP contribution in [0.2, 0.25) is 0 Å². The first kappa shape index (κ1) is 22.0. The second-order valence-corrected chi connectivity index (χ2v) is 9.91. The largest absolute Gasteiger partial charge is 0.283 e. The highest BCUT2D eigenvalue weighted by Gasteiger charge is 2.27. The summed E-state index contributed by atoms with van der Waals surface area (Å²) in [5.41, 5.74) is 0.574. The molecule has 4 rings (SSSR count). The van der Waals surface area contributed by atoms with Crippen molar-refractivity contribution >= 4 is 42.4 Å². The Balaban J connectivity index is 1.71. The molecule has 0 unspecified atom stereocenters. The van der Waals surface area contributed by atoms with Crippen molar-refractivity contribution < 1.29 is 26.4 Å². The highest BCUT2D eigenvalue weighted by Crippen LogP contribution is 2.32. The van der Waals surface area contributed by atoms with E-state index >= 15 is 0 Å². The fourth-order valence-electron chi connectivity index (χ4n) is 3.06. The molecule has 1 amide bonds. The van der Waals surface area contributed by atoms with Crippen LogP contribution in [0, 0.1) is 17.5 Å². The Morgan fingerprint density at radius 3 is 2.31 bits per heavy atom. The number of aromatic nitrogens is 1. The molecule has 0 aliphatic carbocycles. The number of halogens is 3. The Hall–Kier alpha value is -3.24. The third kappa shape index (κ3) is 4.66. The predicted molar refractivity (Wildman–Crippen MR) is 116 cm³/mol. The van der Waals surface area contributed by atoms with E-state index in [1.165, 1.54) is 0 Å². The van der Waals surface area contributed by atoms with Gasteiger partial charge in [0.2, 0.25) is 5.91 Å². The van der Waals surface area contributed by atoms with Crippen LogP contribution >= 0.6 is 11.3 Å². The number of hydrogen-bond acceptors (Lipinski definition) is 5. The molecule has 0 fully saturated rings. The summed E-state index contributed by atoms with van der Waals surface area (Å²) in [4.78, 5) is 18.1. The van der Waals surface area contributed by atoms with Crippen molar-refractivity contribution in [2.45, 2.75) is 11.4 Å². The van der Waals surface area contributed by atoms with Gasteiger partial charge in [0.05, 0.1) is 16.1 Å². The second-order valence-electron chi connectivity index (χ2n) is 6.91. The lowest BCUT2D eigenvalue weighted by Gasteiger charge is -2.20. The Labute approximate surface area is 185 Å². The maximum atomic E-state index is 14.2. The number of sulfone groups is 1. The van der Waals surface area contributed by atoms with E-state index < -0.39 is 38.9 Å². The predicted octanol–water partition coefficient (Wildman–Crippen LogP) is 4.72. The zero-order valence-electron chi connectivity index (χ0n) is 16.3. The molecular weight excluding hydrogens is 461 g/mol. The smallest absolute Gasteiger partial charge is 0.244 e. The van der Waals surface area contributed by atoms with Crippen LogP contribution in [0.4, 0.5) is 18.3 Å². The van der Waals surface area contributed by atoms with Crippen LogP contribution < -0.4 is 4.90 Å². The molecule has 4 aromatic rings. The van der Waals surface area contributed by atoms with Crippen molar-refractivity contribution in [3.63, 3.8) is 0 Å². The molecule has 10 heteroatoms. The first-order valence-electron chi connectivity index (χ1n) is 9.31. The van der Waals surface area contributed by atoms with Gasteiger partial charge in [-0.3, -0.25) is 9.69 Å². The van der Waals surface area contributed by atoms with Gasteiger partial charge in [-0.2, -0.15) is 0 Å². The molecule has 3 aromatic carbocycles. The number of rotatable bonds is 6. The highest BCUT2D eigenvalue weighted by atomic mass is 32.2. The number of hydrogen-bond donors (Lipinski definition) is 0. The molecule has 0 radical (unpaired) electrons. The topological polar surface area (TPSA) is 67.3 Å². The first-order valence-corrected chi connectivity index (χ1v) is 11.8. The Kier molecular flexibility index (Phi) is 5.98. The van der Waals surface area contributed by atoms with Gasteiger partial charge in [-0.05, 0) is 35.9 Å². The summed E-state index contributed by atoms with van der Waals surface area (Å²) in [5.74, 6) is -3.99. The van der Waals surface area contributed by atoms with Gasteiger partial charge in [-0.1, -0.05) is 41.7 Å². The van der Waals surface area contributed by atoms with Gasteiger partial charge < -0.3 is 0 Å². The lowest BCUT2D eigenvalue weighted by molar-refractivity contribution is -0.116. The Morgan fingerprint density at radius 2 is 1.62 bits per heavy atom. The van der Waals surface area contributed by atoms with E-state index in [0.717, 1.165) is 46.6 Å². The standard InChI is InChI=1S/C22H15F3N2O3S2/c23-15-6-8-17(9-7-15)32(29,30)13-20(28)27(12-14-4-2-1-3-5-14)22-26-21-18(25)10-16(24)11-19(21)31-22/h1-11H,12-13H2. The maximum Gasteiger partial charge on any atom is 0.244 e. The van der Waals surface area contributed by atoms with Gasteiger partial charge in [-0.15, -0.1) is 0 Å². The molecular formula is C22H15F3N2O3S2. The number of fused-ring (bicyclic) bond motifs is 1. The van der Waals surface area contributed by atoms with Crippen molar-refractivity contribution in [2.24, 2.45) is 0 Å². The molecule has 1 heterocycles. The summed E-state index contributed by atoms with van der Waals surface area (Å²) < 4.78 is 66.5. The van der Waals surface area contributed by atoms with Crippen molar-refractivity contribution in [3.8, 4) is 0 Å². The zero-order valence-corrected chi connectivity index (χ0v) is 18.0. The van der Waals surface area contributed by atoms with Crippen LogP contribution in [0.1, 0.15) is 5.56 Å². The van der Waals surface area contributed by atoms with Gasteiger partial charge in [0.25, 0.3) is 0 Å². The minimum atomic E-state index is -4.08. The number of anilines is 1. The van der Waals surface area contributed by atoms with Crippen LogP contribution in [0.5, 0.6) is 0 Å². The van der Waals surface area contributed by atoms with E-state index in [4.69, 9.17) is 0 Å². The number of thiazole rings is 1. The van der Waals surface area contributed by atoms with Crippen LogP contribution in [0.25, 0.3) is 10.2 Å². The maximum absolute atomic E-state index is 14.2. The summed E-state index contributed by atoms with van der Waals surface area (Å²) in [6.07, 6.45) is 0. The molecule has 5 nitrogen and oxygen atoms in total. The summed E-state index contributed by atoms with van der Waals surface area (Å²) in [6, 6.07) is 14.7. The highest BCUT2D eigenvalue weighted by molar-refractivity contribution is 7.92. The number of carbonyl (C=O) groups excluding carboxylic acids is 1. The fraction of sp³-hybridized carbons (Fsp3) is 0.0909. The Morgan fingerprint density at radius 1 is 0.938 bits per heavy atom. The molecule has 0 saturated heterocycles. The first-order chi connectivity index (χ1) is 15.2. The van der Waals surface area contributed by atoms with E-state index in [-0.39, 0.29) is 26.8 Å². The molecule has 0 atom stereocenters. The van der Waals surface area contributed by atoms with E-state index in [9.17, 15) is 26.4 Å². The molecule has 0 N–H and O–H groups in total. The molecule has 1 aromatic heterocycles. The van der Waals surface area contributed by atoms with Crippen molar-refractivity contribution in [1.82, 2.24) is 4.98 Å². The minimum Gasteiger partial charge on any atom is -0.283 e. The van der Waals surface area contributed by atoms with Gasteiger partial charge in [-0.25, -0.2) is 26.6 Å². The fourth-order valence-corrected chi connectivity index (χ4v) is 5.28. The van der Waals surface area contributed by atoms with E-state index in [0.29, 0.717) is 11.6 Å². The minimum absolute atomic E-state index is 0.0253. The van der Waals surface area contributed by atoms with Crippen LogP contribution in [0.15, 0.2) is 71.6 Å². The molecule has 0 aliphatic heterocycles. The monoisotopic (exact) mass is 476 g/mol. The van der Waals surface area contributed by atoms with Crippen molar-refractivity contribution in [1.29, 1.82) is 0 Å².